The second kappa shape index (κ2) is 5.47. The van der Waals surface area contributed by atoms with Crippen LogP contribution in [0.2, 0.25) is 0 Å². The second-order valence-corrected chi connectivity index (χ2v) is 4.34. The molecular formula is C6H15NO4S. The van der Waals surface area contributed by atoms with Gasteiger partial charge in [-0.1, -0.05) is 6.92 Å². The van der Waals surface area contributed by atoms with Gasteiger partial charge in [0.05, 0.1) is 19.0 Å². The van der Waals surface area contributed by atoms with Crippen LogP contribution in [0.3, 0.4) is 0 Å². The Kier molecular flexibility index (Phi) is 5.39. The first-order chi connectivity index (χ1) is 5.58. The predicted molar refractivity (Wildman–Crippen MR) is 45.2 cm³/mol. The molecule has 0 aromatic carbocycles. The minimum Gasteiger partial charge on any atom is -0.395 e. The van der Waals surface area contributed by atoms with Crippen LogP contribution >= 0.6 is 0 Å². The fraction of sp³-hybridized carbons (Fsp3) is 1.00. The van der Waals surface area contributed by atoms with E-state index in [1.165, 1.54) is 0 Å². The lowest BCUT2D eigenvalue weighted by Crippen LogP contribution is -2.35. The molecule has 5 nitrogen and oxygen atoms in total. The van der Waals surface area contributed by atoms with Crippen LogP contribution in [0.15, 0.2) is 0 Å². The third-order valence-electron chi connectivity index (χ3n) is 1.44. The number of aliphatic hydroxyl groups is 2. The first-order valence-electron chi connectivity index (χ1n) is 3.78. The average Bonchev–Trinajstić information content (AvgIpc) is 1.99. The van der Waals surface area contributed by atoms with Gasteiger partial charge in [0, 0.05) is 13.1 Å². The first-order valence-corrected chi connectivity index (χ1v) is 5.39. The molecule has 6 heteroatoms. The zero-order valence-electron chi connectivity index (χ0n) is 7.10. The van der Waals surface area contributed by atoms with Gasteiger partial charge in [-0.15, -0.1) is 0 Å². The van der Waals surface area contributed by atoms with Crippen molar-refractivity contribution in [1.82, 2.24) is 4.31 Å². The van der Waals surface area contributed by atoms with E-state index in [1.54, 1.807) is 6.92 Å². The highest BCUT2D eigenvalue weighted by atomic mass is 32.2. The SMILES string of the molecule is CCN(CCO)S(=O)(=O)CCO. The van der Waals surface area contributed by atoms with Crippen molar-refractivity contribution >= 4 is 10.0 Å². The van der Waals surface area contributed by atoms with Gasteiger partial charge in [-0.2, -0.15) is 4.31 Å². The molecule has 0 saturated heterocycles. The third kappa shape index (κ3) is 3.48. The van der Waals surface area contributed by atoms with Crippen molar-refractivity contribution in [2.24, 2.45) is 0 Å². The normalized spacial score (nSPS) is 12.3. The Hall–Kier alpha value is -0.170. The van der Waals surface area contributed by atoms with Crippen LogP contribution in [-0.4, -0.2) is 55.0 Å². The molecule has 0 amide bonds. The Labute approximate surface area is 72.7 Å². The summed E-state index contributed by atoms with van der Waals surface area (Å²) in [5.74, 6) is -0.277. The predicted octanol–water partition coefficient (Wildman–Crippen LogP) is -1.38. The Morgan fingerprint density at radius 1 is 1.25 bits per heavy atom. The van der Waals surface area contributed by atoms with Crippen LogP contribution in [0, 0.1) is 0 Å². The summed E-state index contributed by atoms with van der Waals surface area (Å²) >= 11 is 0. The molecule has 0 aromatic rings. The molecule has 0 spiro atoms. The quantitative estimate of drug-likeness (QED) is 0.550. The number of hydrogen-bond acceptors (Lipinski definition) is 4. The summed E-state index contributed by atoms with van der Waals surface area (Å²) in [6.45, 7) is 1.52. The fourth-order valence-corrected chi connectivity index (χ4v) is 2.09. The van der Waals surface area contributed by atoms with Gasteiger partial charge in [-0.3, -0.25) is 0 Å². The van der Waals surface area contributed by atoms with Crippen LogP contribution in [0.4, 0.5) is 0 Å². The van der Waals surface area contributed by atoms with Crippen molar-refractivity contribution in [3.63, 3.8) is 0 Å². The van der Waals surface area contributed by atoms with E-state index in [0.717, 1.165) is 4.31 Å². The van der Waals surface area contributed by atoms with Crippen LogP contribution in [0.25, 0.3) is 0 Å². The molecule has 12 heavy (non-hydrogen) atoms. The smallest absolute Gasteiger partial charge is 0.216 e. The Balaban J connectivity index is 4.27. The molecule has 0 aliphatic heterocycles. The van der Waals surface area contributed by atoms with Gasteiger partial charge in [0.15, 0.2) is 0 Å². The van der Waals surface area contributed by atoms with E-state index in [-0.39, 0.29) is 25.5 Å². The summed E-state index contributed by atoms with van der Waals surface area (Å²) in [4.78, 5) is 0. The molecule has 74 valence electrons. The molecule has 0 fully saturated rings. The molecule has 0 atom stereocenters. The van der Waals surface area contributed by atoms with Gasteiger partial charge in [0.2, 0.25) is 10.0 Å². The molecule has 0 heterocycles. The van der Waals surface area contributed by atoms with E-state index < -0.39 is 10.0 Å². The fourth-order valence-electron chi connectivity index (χ4n) is 0.850. The molecule has 2 N–H and O–H groups in total. The van der Waals surface area contributed by atoms with E-state index in [4.69, 9.17) is 10.2 Å². The lowest BCUT2D eigenvalue weighted by atomic mass is 10.6. The summed E-state index contributed by atoms with van der Waals surface area (Å²) in [6.07, 6.45) is 0. The molecule has 0 aliphatic carbocycles. The lowest BCUT2D eigenvalue weighted by molar-refractivity contribution is 0.255. The largest absolute Gasteiger partial charge is 0.395 e. The first kappa shape index (κ1) is 11.8. The average molecular weight is 197 g/mol. The summed E-state index contributed by atoms with van der Waals surface area (Å²) < 4.78 is 23.6. The topological polar surface area (TPSA) is 77.8 Å². The molecule has 0 saturated carbocycles. The van der Waals surface area contributed by atoms with Crippen LogP contribution < -0.4 is 0 Å². The molecular weight excluding hydrogens is 182 g/mol. The standard InChI is InChI=1S/C6H15NO4S/c1-2-7(3-4-8)12(10,11)6-5-9/h8-9H,2-6H2,1H3. The van der Waals surface area contributed by atoms with Crippen molar-refractivity contribution in [2.75, 3.05) is 32.1 Å². The molecule has 0 aliphatic rings. The van der Waals surface area contributed by atoms with Crippen molar-refractivity contribution in [2.45, 2.75) is 6.92 Å². The third-order valence-corrected chi connectivity index (χ3v) is 3.37. The maximum absolute atomic E-state index is 11.2. The molecule has 0 rings (SSSR count). The Morgan fingerprint density at radius 2 is 1.83 bits per heavy atom. The highest BCUT2D eigenvalue weighted by Gasteiger charge is 2.18. The minimum atomic E-state index is -3.36. The maximum atomic E-state index is 11.2. The van der Waals surface area contributed by atoms with E-state index in [1.807, 2.05) is 0 Å². The number of sulfonamides is 1. The zero-order chi connectivity index (χ0) is 9.61. The Bertz CT molecular complexity index is 202. The number of hydrogen-bond donors (Lipinski definition) is 2. The summed E-state index contributed by atoms with van der Waals surface area (Å²) in [7, 11) is -3.36. The van der Waals surface area contributed by atoms with Crippen molar-refractivity contribution in [1.29, 1.82) is 0 Å². The minimum absolute atomic E-state index is 0.0961. The van der Waals surface area contributed by atoms with Crippen molar-refractivity contribution in [3.8, 4) is 0 Å². The summed E-state index contributed by atoms with van der Waals surface area (Å²) in [6, 6.07) is 0. The van der Waals surface area contributed by atoms with E-state index in [0.29, 0.717) is 6.54 Å². The Morgan fingerprint density at radius 3 is 2.17 bits per heavy atom. The summed E-state index contributed by atoms with van der Waals surface area (Å²) in [5.41, 5.74) is 0. The van der Waals surface area contributed by atoms with Gasteiger partial charge >= 0.3 is 0 Å². The van der Waals surface area contributed by atoms with Crippen molar-refractivity contribution < 1.29 is 18.6 Å². The second-order valence-electron chi connectivity index (χ2n) is 2.25. The molecule has 0 bridgehead atoms. The van der Waals surface area contributed by atoms with E-state index in [2.05, 4.69) is 0 Å². The van der Waals surface area contributed by atoms with Crippen LogP contribution in [-0.2, 0) is 10.0 Å². The molecule has 0 unspecified atom stereocenters. The van der Waals surface area contributed by atoms with Crippen LogP contribution in [0.5, 0.6) is 0 Å². The van der Waals surface area contributed by atoms with Gasteiger partial charge < -0.3 is 10.2 Å². The van der Waals surface area contributed by atoms with E-state index in [9.17, 15) is 8.42 Å². The molecule has 0 radical (unpaired) electrons. The van der Waals surface area contributed by atoms with Crippen LogP contribution in [0.1, 0.15) is 6.92 Å². The van der Waals surface area contributed by atoms with Crippen molar-refractivity contribution in [3.05, 3.63) is 0 Å². The maximum Gasteiger partial charge on any atom is 0.216 e. The van der Waals surface area contributed by atoms with Gasteiger partial charge in [0.1, 0.15) is 0 Å². The van der Waals surface area contributed by atoms with Gasteiger partial charge in [-0.25, -0.2) is 8.42 Å². The zero-order valence-corrected chi connectivity index (χ0v) is 7.92. The highest BCUT2D eigenvalue weighted by Crippen LogP contribution is 1.99. The van der Waals surface area contributed by atoms with Gasteiger partial charge in [0.25, 0.3) is 0 Å². The number of nitrogens with zero attached hydrogens (tertiary/aromatic N) is 1. The van der Waals surface area contributed by atoms with Gasteiger partial charge in [-0.05, 0) is 0 Å². The summed E-state index contributed by atoms with van der Waals surface area (Å²) in [5, 5.41) is 17.0. The number of rotatable bonds is 6. The van der Waals surface area contributed by atoms with E-state index >= 15 is 0 Å². The number of aliphatic hydroxyl groups excluding tert-OH is 2. The number of likely N-dealkylation sites (N-methyl/N-ethyl adjacent to an activating group) is 1. The monoisotopic (exact) mass is 197 g/mol. The highest BCUT2D eigenvalue weighted by molar-refractivity contribution is 7.89. The lowest BCUT2D eigenvalue weighted by Gasteiger charge is -2.18. The molecule has 0 aromatic heterocycles.